The zero-order chi connectivity index (χ0) is 15.4. The number of nitrogens with zero attached hydrogens (tertiary/aromatic N) is 2. The summed E-state index contributed by atoms with van der Waals surface area (Å²) in [6.07, 6.45) is 5.72. The van der Waals surface area contributed by atoms with Gasteiger partial charge in [-0.15, -0.1) is 0 Å². The highest BCUT2D eigenvalue weighted by molar-refractivity contribution is 7.98. The number of hydrogen-bond acceptors (Lipinski definition) is 3. The van der Waals surface area contributed by atoms with Gasteiger partial charge in [-0.25, -0.2) is 4.98 Å². The van der Waals surface area contributed by atoms with Crippen LogP contribution in [0.4, 0.5) is 0 Å². The Morgan fingerprint density at radius 3 is 2.60 bits per heavy atom. The van der Waals surface area contributed by atoms with Crippen molar-refractivity contribution in [3.63, 3.8) is 0 Å². The van der Waals surface area contributed by atoms with E-state index in [0.29, 0.717) is 6.73 Å². The standard InChI is InChI=1S/C11H13ClN2OS.2C2H6/c1-16-7-6-15-8-14-5-3-9-10(12)2-4-13-11(9)14;2*1-2/h2-5H,6-8H2,1H3;2*1-2H3. The number of pyridine rings is 1. The van der Waals surface area contributed by atoms with Crippen molar-refractivity contribution in [3.05, 3.63) is 29.5 Å². The molecule has 0 saturated heterocycles. The summed E-state index contributed by atoms with van der Waals surface area (Å²) in [6, 6.07) is 3.76. The predicted octanol–water partition coefficient (Wildman–Crippen LogP) is 5.08. The first-order chi connectivity index (χ1) is 9.83. The Kier molecular flexibility index (Phi) is 11.6. The molecule has 3 nitrogen and oxygen atoms in total. The number of rotatable bonds is 5. The van der Waals surface area contributed by atoms with Crippen molar-refractivity contribution in [2.45, 2.75) is 34.4 Å². The Bertz CT molecular complexity index is 474. The first-order valence-electron chi connectivity index (χ1n) is 6.99. The number of hydrogen-bond donors (Lipinski definition) is 0. The molecule has 0 fully saturated rings. The van der Waals surface area contributed by atoms with Crippen LogP contribution in [0.15, 0.2) is 24.5 Å². The summed E-state index contributed by atoms with van der Waals surface area (Å²) in [4.78, 5) is 4.29. The molecule has 0 aliphatic carbocycles. The van der Waals surface area contributed by atoms with Gasteiger partial charge in [-0.05, 0) is 18.4 Å². The zero-order valence-electron chi connectivity index (χ0n) is 13.0. The summed E-state index contributed by atoms with van der Waals surface area (Å²) in [5.74, 6) is 1.01. The van der Waals surface area contributed by atoms with Crippen LogP contribution in [0.1, 0.15) is 27.7 Å². The molecule has 114 valence electrons. The normalized spacial score (nSPS) is 9.50. The maximum Gasteiger partial charge on any atom is 0.143 e. The minimum atomic E-state index is 0.525. The fourth-order valence-corrected chi connectivity index (χ4v) is 1.96. The van der Waals surface area contributed by atoms with E-state index >= 15 is 0 Å². The molecule has 0 saturated carbocycles. The fraction of sp³-hybridized carbons (Fsp3) is 0.533. The van der Waals surface area contributed by atoms with Crippen LogP contribution < -0.4 is 0 Å². The molecule has 0 aromatic carbocycles. The van der Waals surface area contributed by atoms with Crippen molar-refractivity contribution in [1.82, 2.24) is 9.55 Å². The summed E-state index contributed by atoms with van der Waals surface area (Å²) in [6.45, 7) is 9.28. The molecule has 0 aliphatic rings. The monoisotopic (exact) mass is 316 g/mol. The largest absolute Gasteiger partial charge is 0.360 e. The molecule has 2 aromatic heterocycles. The van der Waals surface area contributed by atoms with E-state index in [4.69, 9.17) is 16.3 Å². The summed E-state index contributed by atoms with van der Waals surface area (Å²) in [5.41, 5.74) is 0.872. The fourth-order valence-electron chi connectivity index (χ4n) is 1.47. The average molecular weight is 317 g/mol. The Hall–Kier alpha value is -0.710. The Morgan fingerprint density at radius 2 is 1.95 bits per heavy atom. The van der Waals surface area contributed by atoms with Crippen LogP contribution in [-0.2, 0) is 11.5 Å². The summed E-state index contributed by atoms with van der Waals surface area (Å²) in [5, 5.41) is 1.70. The van der Waals surface area contributed by atoms with Crippen molar-refractivity contribution in [2.24, 2.45) is 0 Å². The van der Waals surface area contributed by atoms with Crippen LogP contribution in [0.5, 0.6) is 0 Å². The topological polar surface area (TPSA) is 27.1 Å². The minimum absolute atomic E-state index is 0.525. The molecule has 0 bridgehead atoms. The van der Waals surface area contributed by atoms with Gasteiger partial charge in [-0.3, -0.25) is 0 Å². The molecule has 20 heavy (non-hydrogen) atoms. The average Bonchev–Trinajstić information content (AvgIpc) is 2.93. The molecule has 0 atom stereocenters. The van der Waals surface area contributed by atoms with Gasteiger partial charge in [-0.2, -0.15) is 11.8 Å². The third-order valence-corrected chi connectivity index (χ3v) is 3.18. The van der Waals surface area contributed by atoms with Crippen LogP contribution in [0.25, 0.3) is 11.0 Å². The van der Waals surface area contributed by atoms with E-state index in [0.717, 1.165) is 28.4 Å². The molecule has 0 radical (unpaired) electrons. The van der Waals surface area contributed by atoms with Crippen molar-refractivity contribution < 1.29 is 4.74 Å². The van der Waals surface area contributed by atoms with Gasteiger partial charge in [0, 0.05) is 23.5 Å². The van der Waals surface area contributed by atoms with Gasteiger partial charge in [0.15, 0.2) is 0 Å². The predicted molar refractivity (Wildman–Crippen MR) is 91.8 cm³/mol. The van der Waals surface area contributed by atoms with Gasteiger partial charge >= 0.3 is 0 Å². The lowest BCUT2D eigenvalue weighted by atomic mass is 10.3. The second-order valence-electron chi connectivity index (χ2n) is 3.35. The van der Waals surface area contributed by atoms with Crippen LogP contribution in [-0.4, -0.2) is 28.2 Å². The molecule has 2 rings (SSSR count). The molecular formula is C15H25ClN2OS. The maximum atomic E-state index is 6.06. The number of thioether (sulfide) groups is 1. The van der Waals surface area contributed by atoms with Crippen LogP contribution in [0.2, 0.25) is 5.02 Å². The number of fused-ring (bicyclic) bond motifs is 1. The Labute approximate surface area is 131 Å². The van der Waals surface area contributed by atoms with Gasteiger partial charge in [0.2, 0.25) is 0 Å². The van der Waals surface area contributed by atoms with Gasteiger partial charge in [0.25, 0.3) is 0 Å². The maximum absolute atomic E-state index is 6.06. The second-order valence-corrected chi connectivity index (χ2v) is 4.74. The second kappa shape index (κ2) is 12.1. The quantitative estimate of drug-likeness (QED) is 0.720. The van der Waals surface area contributed by atoms with E-state index in [2.05, 4.69) is 11.2 Å². The lowest BCUT2D eigenvalue weighted by Gasteiger charge is -2.05. The highest BCUT2D eigenvalue weighted by Crippen LogP contribution is 2.22. The molecule has 0 spiro atoms. The number of halogens is 1. The first kappa shape index (κ1) is 19.3. The third-order valence-electron chi connectivity index (χ3n) is 2.27. The highest BCUT2D eigenvalue weighted by Gasteiger charge is 2.04. The Morgan fingerprint density at radius 1 is 1.25 bits per heavy atom. The number of ether oxygens (including phenoxy) is 1. The zero-order valence-corrected chi connectivity index (χ0v) is 14.6. The highest BCUT2D eigenvalue weighted by atomic mass is 35.5. The van der Waals surface area contributed by atoms with E-state index < -0.39 is 0 Å². The number of aromatic nitrogens is 2. The van der Waals surface area contributed by atoms with E-state index in [9.17, 15) is 0 Å². The van der Waals surface area contributed by atoms with Gasteiger partial charge in [-0.1, -0.05) is 39.3 Å². The smallest absolute Gasteiger partial charge is 0.143 e. The van der Waals surface area contributed by atoms with Crippen molar-refractivity contribution in [2.75, 3.05) is 18.6 Å². The lowest BCUT2D eigenvalue weighted by molar-refractivity contribution is 0.0927. The minimum Gasteiger partial charge on any atom is -0.360 e. The van der Waals surface area contributed by atoms with Crippen LogP contribution >= 0.6 is 23.4 Å². The van der Waals surface area contributed by atoms with Crippen LogP contribution in [0.3, 0.4) is 0 Å². The van der Waals surface area contributed by atoms with Gasteiger partial charge < -0.3 is 9.30 Å². The van der Waals surface area contributed by atoms with E-state index in [1.54, 1.807) is 24.0 Å². The molecule has 2 aromatic rings. The molecule has 0 amide bonds. The van der Waals surface area contributed by atoms with Gasteiger partial charge in [0.05, 0.1) is 11.6 Å². The van der Waals surface area contributed by atoms with Crippen molar-refractivity contribution >= 4 is 34.4 Å². The third kappa shape index (κ3) is 5.73. The Balaban J connectivity index is 0.000000829. The van der Waals surface area contributed by atoms with Crippen molar-refractivity contribution in [1.29, 1.82) is 0 Å². The lowest BCUT2D eigenvalue weighted by Crippen LogP contribution is -2.04. The molecule has 0 unspecified atom stereocenters. The van der Waals surface area contributed by atoms with Crippen molar-refractivity contribution in [3.8, 4) is 0 Å². The molecular weight excluding hydrogens is 292 g/mol. The molecule has 5 heteroatoms. The summed E-state index contributed by atoms with van der Waals surface area (Å²) < 4.78 is 7.49. The first-order valence-corrected chi connectivity index (χ1v) is 8.76. The summed E-state index contributed by atoms with van der Waals surface area (Å²) in [7, 11) is 0. The van der Waals surface area contributed by atoms with E-state index in [1.165, 1.54) is 0 Å². The van der Waals surface area contributed by atoms with E-state index in [1.807, 2.05) is 44.5 Å². The van der Waals surface area contributed by atoms with Crippen LogP contribution in [0, 0.1) is 0 Å². The summed E-state index contributed by atoms with van der Waals surface area (Å²) >= 11 is 7.83. The molecule has 0 aliphatic heterocycles. The SMILES string of the molecule is CC.CC.CSCCOCn1ccc2c(Cl)ccnc21. The van der Waals surface area contributed by atoms with E-state index in [-0.39, 0.29) is 0 Å². The molecule has 2 heterocycles. The molecule has 0 N–H and O–H groups in total. The van der Waals surface area contributed by atoms with Gasteiger partial charge in [0.1, 0.15) is 12.4 Å².